The number of rotatable bonds is 4. The Morgan fingerprint density at radius 3 is 2.82 bits per heavy atom. The highest BCUT2D eigenvalue weighted by Gasteiger charge is 2.35. The van der Waals surface area contributed by atoms with E-state index in [4.69, 9.17) is 0 Å². The van der Waals surface area contributed by atoms with Gasteiger partial charge in [-0.2, -0.15) is 0 Å². The van der Waals surface area contributed by atoms with Gasteiger partial charge < -0.3 is 15.1 Å². The fourth-order valence-electron chi connectivity index (χ4n) is 3.02. The molecule has 1 N–H and O–H groups in total. The van der Waals surface area contributed by atoms with Crippen molar-refractivity contribution < 1.29 is 4.79 Å². The van der Waals surface area contributed by atoms with E-state index in [-0.39, 0.29) is 0 Å². The lowest BCUT2D eigenvalue weighted by Gasteiger charge is -2.30. The lowest BCUT2D eigenvalue weighted by Crippen LogP contribution is -2.47. The van der Waals surface area contributed by atoms with Crippen LogP contribution in [0.15, 0.2) is 0 Å². The van der Waals surface area contributed by atoms with Gasteiger partial charge in [0.15, 0.2) is 0 Å². The zero-order valence-electron chi connectivity index (χ0n) is 11.1. The quantitative estimate of drug-likeness (QED) is 0.784. The molecule has 2 heterocycles. The molecule has 0 aromatic carbocycles. The minimum atomic E-state index is 0.342. The van der Waals surface area contributed by atoms with Crippen LogP contribution in [0.2, 0.25) is 0 Å². The molecule has 0 aromatic heterocycles. The van der Waals surface area contributed by atoms with Gasteiger partial charge in [-0.1, -0.05) is 0 Å². The van der Waals surface area contributed by atoms with E-state index in [1.807, 2.05) is 14.1 Å². The van der Waals surface area contributed by atoms with Crippen LogP contribution < -0.4 is 5.32 Å². The van der Waals surface area contributed by atoms with Crippen LogP contribution in [0, 0.1) is 0 Å². The van der Waals surface area contributed by atoms with Crippen LogP contribution in [-0.4, -0.2) is 61.5 Å². The Labute approximate surface area is 104 Å². The third kappa shape index (κ3) is 3.19. The molecular formula is C13H25N3O. The maximum atomic E-state index is 12.2. The molecule has 2 rings (SSSR count). The van der Waals surface area contributed by atoms with Crippen LogP contribution in [0.5, 0.6) is 0 Å². The Bertz CT molecular complexity index is 261. The van der Waals surface area contributed by atoms with Crippen molar-refractivity contribution in [3.63, 3.8) is 0 Å². The molecule has 98 valence electrons. The summed E-state index contributed by atoms with van der Waals surface area (Å²) in [5.41, 5.74) is 0. The average molecular weight is 239 g/mol. The standard InChI is InChI=1S/C13H25N3O/c1-15(2)10-7-13(17)16-9-4-6-12(16)11-5-3-8-14-11/h11-12,14H,3-10H2,1-2H3. The lowest BCUT2D eigenvalue weighted by molar-refractivity contribution is -0.132. The van der Waals surface area contributed by atoms with Crippen molar-refractivity contribution in [2.45, 2.75) is 44.2 Å². The van der Waals surface area contributed by atoms with E-state index >= 15 is 0 Å². The minimum Gasteiger partial charge on any atom is -0.338 e. The summed E-state index contributed by atoms with van der Waals surface area (Å²) in [6.07, 6.45) is 5.53. The van der Waals surface area contributed by atoms with Gasteiger partial charge in [0, 0.05) is 31.6 Å². The van der Waals surface area contributed by atoms with Crippen LogP contribution in [0.3, 0.4) is 0 Å². The van der Waals surface area contributed by atoms with Crippen LogP contribution in [0.25, 0.3) is 0 Å². The first-order valence-corrected chi connectivity index (χ1v) is 6.86. The van der Waals surface area contributed by atoms with Crippen molar-refractivity contribution in [1.82, 2.24) is 15.1 Å². The number of nitrogens with one attached hydrogen (secondary N) is 1. The van der Waals surface area contributed by atoms with Crippen molar-refractivity contribution in [2.24, 2.45) is 0 Å². The summed E-state index contributed by atoms with van der Waals surface area (Å²) in [4.78, 5) is 16.4. The molecule has 0 spiro atoms. The molecular weight excluding hydrogens is 214 g/mol. The molecule has 17 heavy (non-hydrogen) atoms. The summed E-state index contributed by atoms with van der Waals surface area (Å²) >= 11 is 0. The zero-order valence-corrected chi connectivity index (χ0v) is 11.1. The van der Waals surface area contributed by atoms with Gasteiger partial charge in [0.05, 0.1) is 0 Å². The summed E-state index contributed by atoms with van der Waals surface area (Å²) in [6, 6.07) is 1.02. The van der Waals surface area contributed by atoms with Crippen LogP contribution in [0.1, 0.15) is 32.1 Å². The molecule has 1 amide bonds. The summed E-state index contributed by atoms with van der Waals surface area (Å²) in [5.74, 6) is 0.342. The highest BCUT2D eigenvalue weighted by Crippen LogP contribution is 2.25. The number of carbonyl (C=O) groups excluding carboxylic acids is 1. The molecule has 2 unspecified atom stereocenters. The first kappa shape index (κ1) is 12.8. The van der Waals surface area contributed by atoms with E-state index in [1.165, 1.54) is 25.7 Å². The first-order chi connectivity index (χ1) is 8.18. The molecule has 0 bridgehead atoms. The third-order valence-electron chi connectivity index (χ3n) is 3.96. The second kappa shape index (κ2) is 5.83. The summed E-state index contributed by atoms with van der Waals surface area (Å²) < 4.78 is 0. The summed E-state index contributed by atoms with van der Waals surface area (Å²) in [7, 11) is 4.04. The van der Waals surface area contributed by atoms with Gasteiger partial charge in [0.25, 0.3) is 0 Å². The fourth-order valence-corrected chi connectivity index (χ4v) is 3.02. The fraction of sp³-hybridized carbons (Fsp3) is 0.923. The van der Waals surface area contributed by atoms with Gasteiger partial charge in [-0.15, -0.1) is 0 Å². The SMILES string of the molecule is CN(C)CCC(=O)N1CCCC1C1CCCN1. The lowest BCUT2D eigenvalue weighted by atomic mass is 10.0. The molecule has 2 saturated heterocycles. The summed E-state index contributed by atoms with van der Waals surface area (Å²) in [6.45, 7) is 2.95. The number of nitrogens with zero attached hydrogens (tertiary/aromatic N) is 2. The van der Waals surface area contributed by atoms with Crippen molar-refractivity contribution in [2.75, 3.05) is 33.7 Å². The number of hydrogen-bond acceptors (Lipinski definition) is 3. The smallest absolute Gasteiger partial charge is 0.224 e. The van der Waals surface area contributed by atoms with Crippen molar-refractivity contribution in [1.29, 1.82) is 0 Å². The molecule has 0 aromatic rings. The van der Waals surface area contributed by atoms with Gasteiger partial charge >= 0.3 is 0 Å². The average Bonchev–Trinajstić information content (AvgIpc) is 2.94. The normalized spacial score (nSPS) is 29.2. The molecule has 0 aliphatic carbocycles. The molecule has 2 aliphatic heterocycles. The molecule has 0 saturated carbocycles. The first-order valence-electron chi connectivity index (χ1n) is 6.86. The number of likely N-dealkylation sites (tertiary alicyclic amines) is 1. The van der Waals surface area contributed by atoms with E-state index in [9.17, 15) is 4.79 Å². The van der Waals surface area contributed by atoms with Crippen LogP contribution in [-0.2, 0) is 4.79 Å². The predicted octanol–water partition coefficient (Wildman–Crippen LogP) is 0.681. The van der Waals surface area contributed by atoms with Crippen molar-refractivity contribution >= 4 is 5.91 Å². The molecule has 0 radical (unpaired) electrons. The Morgan fingerprint density at radius 1 is 1.35 bits per heavy atom. The second-order valence-electron chi connectivity index (χ2n) is 5.55. The van der Waals surface area contributed by atoms with E-state index in [0.717, 1.165) is 19.6 Å². The summed E-state index contributed by atoms with van der Waals surface area (Å²) in [5, 5.41) is 3.54. The predicted molar refractivity (Wildman–Crippen MR) is 68.9 cm³/mol. The second-order valence-corrected chi connectivity index (χ2v) is 5.55. The maximum Gasteiger partial charge on any atom is 0.224 e. The Balaban J connectivity index is 1.87. The number of hydrogen-bond donors (Lipinski definition) is 1. The van der Waals surface area contributed by atoms with Crippen molar-refractivity contribution in [3.8, 4) is 0 Å². The highest BCUT2D eigenvalue weighted by molar-refractivity contribution is 5.77. The monoisotopic (exact) mass is 239 g/mol. The van der Waals surface area contributed by atoms with Gasteiger partial charge in [-0.05, 0) is 46.3 Å². The van der Waals surface area contributed by atoms with Gasteiger partial charge in [-0.3, -0.25) is 4.79 Å². The Kier molecular flexibility index (Phi) is 4.40. The topological polar surface area (TPSA) is 35.6 Å². The largest absolute Gasteiger partial charge is 0.338 e. The van der Waals surface area contributed by atoms with E-state index < -0.39 is 0 Å². The maximum absolute atomic E-state index is 12.2. The van der Waals surface area contributed by atoms with E-state index in [0.29, 0.717) is 24.4 Å². The zero-order chi connectivity index (χ0) is 12.3. The molecule has 2 fully saturated rings. The van der Waals surface area contributed by atoms with Crippen LogP contribution >= 0.6 is 0 Å². The Morgan fingerprint density at radius 2 is 2.18 bits per heavy atom. The molecule has 4 heteroatoms. The van der Waals surface area contributed by atoms with Crippen molar-refractivity contribution in [3.05, 3.63) is 0 Å². The molecule has 2 aliphatic rings. The van der Waals surface area contributed by atoms with E-state index in [2.05, 4.69) is 15.1 Å². The third-order valence-corrected chi connectivity index (χ3v) is 3.96. The number of amides is 1. The van der Waals surface area contributed by atoms with Gasteiger partial charge in [0.1, 0.15) is 0 Å². The highest BCUT2D eigenvalue weighted by atomic mass is 16.2. The molecule has 4 nitrogen and oxygen atoms in total. The van der Waals surface area contributed by atoms with Crippen LogP contribution in [0.4, 0.5) is 0 Å². The van der Waals surface area contributed by atoms with Gasteiger partial charge in [-0.25, -0.2) is 0 Å². The Hall–Kier alpha value is -0.610. The van der Waals surface area contributed by atoms with E-state index in [1.54, 1.807) is 0 Å². The molecule has 2 atom stereocenters. The minimum absolute atomic E-state index is 0.342. The number of carbonyl (C=O) groups is 1. The van der Waals surface area contributed by atoms with Gasteiger partial charge in [0.2, 0.25) is 5.91 Å².